The minimum absolute atomic E-state index is 0.0477. The fraction of sp³-hybridized carbons (Fsp3) is 0.263. The van der Waals surface area contributed by atoms with Crippen LogP contribution in [0.5, 0.6) is 0 Å². The first-order valence-corrected chi connectivity index (χ1v) is 9.86. The van der Waals surface area contributed by atoms with Gasteiger partial charge in [-0.3, -0.25) is 9.59 Å². The molecule has 0 unspecified atom stereocenters. The molecule has 0 saturated heterocycles. The highest BCUT2D eigenvalue weighted by atomic mass is 32.2. The van der Waals surface area contributed by atoms with Crippen LogP contribution in [0, 0.1) is 13.8 Å². The summed E-state index contributed by atoms with van der Waals surface area (Å²) in [6.07, 6.45) is 0. The van der Waals surface area contributed by atoms with Gasteiger partial charge >= 0.3 is 5.51 Å². The molecule has 0 heterocycles. The number of likely N-dealkylation sites (N-methyl/N-ethyl adjacent to an activating group) is 1. The Balaban J connectivity index is 2.09. The van der Waals surface area contributed by atoms with Gasteiger partial charge in [0.2, 0.25) is 5.91 Å². The van der Waals surface area contributed by atoms with Crippen molar-refractivity contribution in [3.05, 3.63) is 59.2 Å². The second-order valence-electron chi connectivity index (χ2n) is 6.45. The topological polar surface area (TPSA) is 83.6 Å². The highest BCUT2D eigenvalue weighted by Gasteiger charge is 2.46. The lowest BCUT2D eigenvalue weighted by atomic mass is 10.1. The van der Waals surface area contributed by atoms with E-state index in [9.17, 15) is 31.2 Å². The number of alkyl halides is 3. The van der Waals surface area contributed by atoms with E-state index in [0.29, 0.717) is 17.8 Å². The van der Waals surface area contributed by atoms with Gasteiger partial charge in [0.1, 0.15) is 0 Å². The number of anilines is 1. The molecule has 0 atom stereocenters. The first-order valence-electron chi connectivity index (χ1n) is 8.37. The van der Waals surface area contributed by atoms with Gasteiger partial charge in [-0.05, 0) is 49.2 Å². The van der Waals surface area contributed by atoms with Gasteiger partial charge < -0.3 is 10.2 Å². The molecule has 0 bridgehead atoms. The Kier molecular flexibility index (Phi) is 6.37. The molecule has 2 aromatic carbocycles. The minimum atomic E-state index is -5.49. The van der Waals surface area contributed by atoms with Gasteiger partial charge in [0.15, 0.2) is 0 Å². The van der Waals surface area contributed by atoms with Crippen LogP contribution in [0.3, 0.4) is 0 Å². The van der Waals surface area contributed by atoms with Crippen molar-refractivity contribution in [2.75, 3.05) is 18.9 Å². The van der Waals surface area contributed by atoms with Gasteiger partial charge in [0.05, 0.1) is 11.4 Å². The Morgan fingerprint density at radius 1 is 1.00 bits per heavy atom. The summed E-state index contributed by atoms with van der Waals surface area (Å²) in [5.74, 6) is -1.09. The van der Waals surface area contributed by atoms with E-state index < -0.39 is 32.1 Å². The van der Waals surface area contributed by atoms with Crippen molar-refractivity contribution >= 4 is 27.3 Å². The summed E-state index contributed by atoms with van der Waals surface area (Å²) in [6, 6.07) is 8.86. The van der Waals surface area contributed by atoms with E-state index in [1.54, 1.807) is 0 Å². The van der Waals surface area contributed by atoms with Gasteiger partial charge in [-0.15, -0.1) is 0 Å². The molecule has 0 saturated carbocycles. The number of aryl methyl sites for hydroxylation is 2. The summed E-state index contributed by atoms with van der Waals surface area (Å²) in [4.78, 5) is 24.8. The lowest BCUT2D eigenvalue weighted by Crippen LogP contribution is -2.35. The monoisotopic (exact) mass is 428 g/mol. The number of para-hydroxylation sites is 1. The van der Waals surface area contributed by atoms with Crippen molar-refractivity contribution < 1.29 is 31.2 Å². The molecule has 6 nitrogen and oxygen atoms in total. The highest BCUT2D eigenvalue weighted by Crippen LogP contribution is 2.30. The number of sulfone groups is 1. The van der Waals surface area contributed by atoms with Crippen LogP contribution in [0.25, 0.3) is 0 Å². The molecule has 29 heavy (non-hydrogen) atoms. The normalized spacial score (nSPS) is 11.8. The van der Waals surface area contributed by atoms with Crippen LogP contribution in [0.4, 0.5) is 18.9 Å². The third-order valence-corrected chi connectivity index (χ3v) is 5.69. The first kappa shape index (κ1) is 22.4. The Morgan fingerprint density at radius 3 is 2.00 bits per heavy atom. The second kappa shape index (κ2) is 8.24. The molecule has 2 aromatic rings. The average molecular weight is 428 g/mol. The largest absolute Gasteiger partial charge is 0.501 e. The maximum absolute atomic E-state index is 12.6. The Labute approximate surface area is 166 Å². The SMILES string of the molecule is Cc1cccc(C)c1NC(=O)CN(C)C(=O)c1ccc(S(=O)(=O)C(F)(F)F)cc1. The molecule has 2 amide bonds. The number of hydrogen-bond donors (Lipinski definition) is 1. The van der Waals surface area contributed by atoms with Crippen LogP contribution < -0.4 is 5.32 Å². The maximum Gasteiger partial charge on any atom is 0.501 e. The molecular formula is C19H19F3N2O4S. The molecule has 0 aliphatic heterocycles. The Bertz CT molecular complexity index is 1010. The fourth-order valence-electron chi connectivity index (χ4n) is 2.61. The number of hydrogen-bond acceptors (Lipinski definition) is 4. The molecular weight excluding hydrogens is 409 g/mol. The number of halogens is 3. The van der Waals surface area contributed by atoms with Crippen molar-refractivity contribution in [1.29, 1.82) is 0 Å². The smallest absolute Gasteiger partial charge is 0.332 e. The molecule has 0 radical (unpaired) electrons. The van der Waals surface area contributed by atoms with E-state index in [-0.39, 0.29) is 12.1 Å². The third kappa shape index (κ3) is 4.94. The van der Waals surface area contributed by atoms with Crippen molar-refractivity contribution in [1.82, 2.24) is 4.90 Å². The van der Waals surface area contributed by atoms with E-state index in [1.807, 2.05) is 32.0 Å². The van der Waals surface area contributed by atoms with Crippen molar-refractivity contribution in [2.45, 2.75) is 24.3 Å². The average Bonchev–Trinajstić information content (AvgIpc) is 2.63. The Hall–Kier alpha value is -2.88. The number of carbonyl (C=O) groups is 2. The molecule has 0 aliphatic carbocycles. The molecule has 0 fully saturated rings. The van der Waals surface area contributed by atoms with Crippen LogP contribution in [0.1, 0.15) is 21.5 Å². The lowest BCUT2D eigenvalue weighted by Gasteiger charge is -2.18. The van der Waals surface area contributed by atoms with Crippen LogP contribution in [0.2, 0.25) is 0 Å². The van der Waals surface area contributed by atoms with Crippen LogP contribution >= 0.6 is 0 Å². The zero-order valence-corrected chi connectivity index (χ0v) is 16.7. The molecule has 2 rings (SSSR count). The quantitative estimate of drug-likeness (QED) is 0.792. The summed E-state index contributed by atoms with van der Waals surface area (Å²) < 4.78 is 60.5. The van der Waals surface area contributed by atoms with E-state index in [4.69, 9.17) is 0 Å². The summed E-state index contributed by atoms with van der Waals surface area (Å²) in [7, 11) is -4.14. The van der Waals surface area contributed by atoms with Crippen LogP contribution in [-0.4, -0.2) is 44.2 Å². The van der Waals surface area contributed by atoms with E-state index in [1.165, 1.54) is 7.05 Å². The van der Waals surface area contributed by atoms with Crippen LogP contribution in [0.15, 0.2) is 47.4 Å². The molecule has 0 aliphatic rings. The standard InChI is InChI=1S/C19H19F3N2O4S/c1-12-5-4-6-13(2)17(12)23-16(25)11-24(3)18(26)14-7-9-15(10-8-14)29(27,28)19(20,21)22/h4-10H,11H2,1-3H3,(H,23,25). The fourth-order valence-corrected chi connectivity index (χ4v) is 3.37. The zero-order chi connectivity index (χ0) is 22.0. The number of nitrogens with zero attached hydrogens (tertiary/aromatic N) is 1. The van der Waals surface area contributed by atoms with Crippen molar-refractivity contribution in [3.63, 3.8) is 0 Å². The summed E-state index contributed by atoms with van der Waals surface area (Å²) >= 11 is 0. The molecule has 10 heteroatoms. The van der Waals surface area contributed by atoms with Gasteiger partial charge in [-0.2, -0.15) is 13.2 Å². The Morgan fingerprint density at radius 2 is 1.52 bits per heavy atom. The highest BCUT2D eigenvalue weighted by molar-refractivity contribution is 7.92. The van der Waals surface area contributed by atoms with E-state index >= 15 is 0 Å². The zero-order valence-electron chi connectivity index (χ0n) is 15.9. The number of benzene rings is 2. The van der Waals surface area contributed by atoms with Crippen molar-refractivity contribution in [2.24, 2.45) is 0 Å². The van der Waals surface area contributed by atoms with E-state index in [0.717, 1.165) is 28.2 Å². The molecule has 0 aromatic heterocycles. The van der Waals surface area contributed by atoms with Crippen molar-refractivity contribution in [3.8, 4) is 0 Å². The summed E-state index contributed by atoms with van der Waals surface area (Å²) in [6.45, 7) is 3.36. The third-order valence-electron chi connectivity index (χ3n) is 4.19. The second-order valence-corrected chi connectivity index (χ2v) is 8.39. The molecule has 1 N–H and O–H groups in total. The predicted octanol–water partition coefficient (Wildman–Crippen LogP) is 3.31. The molecule has 0 spiro atoms. The van der Waals surface area contributed by atoms with E-state index in [2.05, 4.69) is 5.32 Å². The van der Waals surface area contributed by atoms with Gasteiger partial charge in [0, 0.05) is 18.3 Å². The summed E-state index contributed by atoms with van der Waals surface area (Å²) in [5.41, 5.74) is -3.13. The first-order chi connectivity index (χ1) is 13.3. The summed E-state index contributed by atoms with van der Waals surface area (Å²) in [5, 5.41) is 2.72. The minimum Gasteiger partial charge on any atom is -0.332 e. The van der Waals surface area contributed by atoms with Gasteiger partial charge in [-0.1, -0.05) is 18.2 Å². The van der Waals surface area contributed by atoms with Gasteiger partial charge in [-0.25, -0.2) is 8.42 Å². The van der Waals surface area contributed by atoms with Gasteiger partial charge in [0.25, 0.3) is 15.7 Å². The maximum atomic E-state index is 12.6. The number of rotatable bonds is 5. The number of carbonyl (C=O) groups excluding carboxylic acids is 2. The predicted molar refractivity (Wildman–Crippen MR) is 101 cm³/mol. The number of nitrogens with one attached hydrogen (secondary N) is 1. The lowest BCUT2D eigenvalue weighted by molar-refractivity contribution is -0.116. The molecule has 156 valence electrons. The number of amides is 2. The van der Waals surface area contributed by atoms with Crippen LogP contribution in [-0.2, 0) is 14.6 Å².